The number of carbonyl (C=O) groups is 1. The fraction of sp³-hybridized carbons (Fsp3) is 0.208. The van der Waals surface area contributed by atoms with E-state index in [1.165, 1.54) is 12.1 Å². The van der Waals surface area contributed by atoms with E-state index in [-0.39, 0.29) is 24.9 Å². The molecule has 3 rings (SSSR count). The standard InChI is InChI=1S/C24H25NO4/c1-24(17-26,20-11-13-21(27)14-12-20)25-23(28)16-29-22-10-6-5-9-19(22)15-18-7-3-2-4-8-18/h2-14,26-27H,15-17H2,1H3,(H,25,28). The minimum absolute atomic E-state index is 0.124. The van der Waals surface area contributed by atoms with E-state index in [2.05, 4.69) is 5.32 Å². The van der Waals surface area contributed by atoms with E-state index in [4.69, 9.17) is 4.74 Å². The molecule has 5 heteroatoms. The predicted octanol–water partition coefficient (Wildman–Crippen LogP) is 3.39. The number of ether oxygens (including phenoxy) is 1. The highest BCUT2D eigenvalue weighted by atomic mass is 16.5. The van der Waals surface area contributed by atoms with E-state index >= 15 is 0 Å². The normalized spacial score (nSPS) is 12.8. The molecule has 0 saturated carbocycles. The van der Waals surface area contributed by atoms with Crippen molar-refractivity contribution in [2.24, 2.45) is 0 Å². The molecular formula is C24H25NO4. The van der Waals surface area contributed by atoms with Gasteiger partial charge in [-0.15, -0.1) is 0 Å². The van der Waals surface area contributed by atoms with Crippen LogP contribution in [0.4, 0.5) is 0 Å². The second kappa shape index (κ2) is 9.26. The van der Waals surface area contributed by atoms with Crippen LogP contribution < -0.4 is 10.1 Å². The van der Waals surface area contributed by atoms with Gasteiger partial charge in [-0.25, -0.2) is 0 Å². The molecule has 1 amide bonds. The summed E-state index contributed by atoms with van der Waals surface area (Å²) >= 11 is 0. The zero-order valence-corrected chi connectivity index (χ0v) is 16.3. The Labute approximate surface area is 170 Å². The molecule has 3 aromatic rings. The van der Waals surface area contributed by atoms with Gasteiger partial charge in [-0.1, -0.05) is 60.7 Å². The van der Waals surface area contributed by atoms with Crippen LogP contribution >= 0.6 is 0 Å². The Morgan fingerprint density at radius 2 is 1.62 bits per heavy atom. The lowest BCUT2D eigenvalue weighted by atomic mass is 9.93. The number of hydrogen-bond donors (Lipinski definition) is 3. The first-order valence-electron chi connectivity index (χ1n) is 9.46. The summed E-state index contributed by atoms with van der Waals surface area (Å²) in [6, 6.07) is 24.1. The molecule has 0 saturated heterocycles. The third-order valence-corrected chi connectivity index (χ3v) is 4.80. The smallest absolute Gasteiger partial charge is 0.258 e. The lowest BCUT2D eigenvalue weighted by Crippen LogP contribution is -2.48. The van der Waals surface area contributed by atoms with Crippen LogP contribution in [-0.2, 0) is 16.8 Å². The highest BCUT2D eigenvalue weighted by Crippen LogP contribution is 2.24. The van der Waals surface area contributed by atoms with Gasteiger partial charge < -0.3 is 20.3 Å². The van der Waals surface area contributed by atoms with Crippen molar-refractivity contribution in [3.8, 4) is 11.5 Å². The van der Waals surface area contributed by atoms with Crippen LogP contribution in [0.15, 0.2) is 78.9 Å². The minimum Gasteiger partial charge on any atom is -0.508 e. The molecule has 3 N–H and O–H groups in total. The quantitative estimate of drug-likeness (QED) is 0.550. The molecule has 0 radical (unpaired) electrons. The van der Waals surface area contributed by atoms with Crippen molar-refractivity contribution in [2.45, 2.75) is 18.9 Å². The molecule has 0 fully saturated rings. The first-order chi connectivity index (χ1) is 14.0. The number of aliphatic hydroxyl groups excluding tert-OH is 1. The largest absolute Gasteiger partial charge is 0.508 e. The van der Waals surface area contributed by atoms with Crippen LogP contribution in [0.1, 0.15) is 23.6 Å². The summed E-state index contributed by atoms with van der Waals surface area (Å²) in [4.78, 5) is 12.5. The van der Waals surface area contributed by atoms with Gasteiger partial charge in [-0.2, -0.15) is 0 Å². The number of phenolic OH excluding ortho intramolecular Hbond substituents is 1. The molecule has 0 spiro atoms. The number of benzene rings is 3. The number of nitrogens with one attached hydrogen (secondary N) is 1. The Hall–Kier alpha value is -3.31. The molecule has 5 nitrogen and oxygen atoms in total. The van der Waals surface area contributed by atoms with Gasteiger partial charge in [0.2, 0.25) is 0 Å². The third-order valence-electron chi connectivity index (χ3n) is 4.80. The Bertz CT molecular complexity index is 941. The van der Waals surface area contributed by atoms with Gasteiger partial charge in [-0.3, -0.25) is 4.79 Å². The summed E-state index contributed by atoms with van der Waals surface area (Å²) in [5, 5.41) is 22.1. The van der Waals surface area contributed by atoms with Crippen LogP contribution in [0.25, 0.3) is 0 Å². The summed E-state index contributed by atoms with van der Waals surface area (Å²) in [5.74, 6) is 0.435. The minimum atomic E-state index is -0.975. The number of phenols is 1. The Morgan fingerprint density at radius 1 is 0.966 bits per heavy atom. The SMILES string of the molecule is CC(CO)(NC(=O)COc1ccccc1Cc1ccccc1)c1ccc(O)cc1. The molecule has 150 valence electrons. The fourth-order valence-corrected chi connectivity index (χ4v) is 3.13. The first-order valence-corrected chi connectivity index (χ1v) is 9.46. The van der Waals surface area contributed by atoms with Gasteiger partial charge in [0.1, 0.15) is 11.5 Å². The number of amides is 1. The number of para-hydroxylation sites is 1. The van der Waals surface area contributed by atoms with Gasteiger partial charge >= 0.3 is 0 Å². The zero-order valence-electron chi connectivity index (χ0n) is 16.3. The molecule has 29 heavy (non-hydrogen) atoms. The molecule has 1 unspecified atom stereocenters. The first kappa shape index (κ1) is 20.4. The van der Waals surface area contributed by atoms with Crippen molar-refractivity contribution in [2.75, 3.05) is 13.2 Å². The highest BCUT2D eigenvalue weighted by Gasteiger charge is 2.28. The lowest BCUT2D eigenvalue weighted by molar-refractivity contribution is -0.125. The van der Waals surface area contributed by atoms with E-state index in [1.807, 2.05) is 54.6 Å². The van der Waals surface area contributed by atoms with Crippen molar-refractivity contribution < 1.29 is 19.7 Å². The topological polar surface area (TPSA) is 78.8 Å². The van der Waals surface area contributed by atoms with Crippen molar-refractivity contribution in [1.82, 2.24) is 5.32 Å². The lowest BCUT2D eigenvalue weighted by Gasteiger charge is -2.29. The van der Waals surface area contributed by atoms with Gasteiger partial charge in [0.25, 0.3) is 5.91 Å². The maximum Gasteiger partial charge on any atom is 0.258 e. The number of aromatic hydroxyl groups is 1. The monoisotopic (exact) mass is 391 g/mol. The molecule has 1 atom stereocenters. The Balaban J connectivity index is 1.65. The predicted molar refractivity (Wildman–Crippen MR) is 112 cm³/mol. The van der Waals surface area contributed by atoms with E-state index in [9.17, 15) is 15.0 Å². The molecule has 0 heterocycles. The molecule has 3 aromatic carbocycles. The molecule has 0 aliphatic carbocycles. The van der Waals surface area contributed by atoms with Crippen molar-refractivity contribution in [1.29, 1.82) is 0 Å². The van der Waals surface area contributed by atoms with Gasteiger partial charge in [0.15, 0.2) is 6.61 Å². The van der Waals surface area contributed by atoms with E-state index in [1.54, 1.807) is 19.1 Å². The molecular weight excluding hydrogens is 366 g/mol. The second-order valence-corrected chi connectivity index (χ2v) is 7.14. The highest BCUT2D eigenvalue weighted by molar-refractivity contribution is 5.78. The van der Waals surface area contributed by atoms with Crippen LogP contribution in [0.5, 0.6) is 11.5 Å². The van der Waals surface area contributed by atoms with Crippen LogP contribution in [0.2, 0.25) is 0 Å². The van der Waals surface area contributed by atoms with Crippen LogP contribution in [-0.4, -0.2) is 29.3 Å². The molecule has 0 aromatic heterocycles. The Kier molecular flexibility index (Phi) is 6.52. The maximum atomic E-state index is 12.5. The summed E-state index contributed by atoms with van der Waals surface area (Å²) in [5.41, 5.74) is 1.87. The van der Waals surface area contributed by atoms with Crippen LogP contribution in [0, 0.1) is 0 Å². The Morgan fingerprint density at radius 3 is 2.31 bits per heavy atom. The molecule has 0 aliphatic rings. The van der Waals surface area contributed by atoms with Gasteiger partial charge in [0.05, 0.1) is 12.1 Å². The zero-order chi connectivity index (χ0) is 20.7. The fourth-order valence-electron chi connectivity index (χ4n) is 3.13. The molecule has 0 aliphatic heterocycles. The van der Waals surface area contributed by atoms with E-state index in [0.29, 0.717) is 17.7 Å². The summed E-state index contributed by atoms with van der Waals surface area (Å²) in [6.45, 7) is 1.27. The van der Waals surface area contributed by atoms with E-state index < -0.39 is 5.54 Å². The van der Waals surface area contributed by atoms with E-state index in [0.717, 1.165) is 11.1 Å². The summed E-state index contributed by atoms with van der Waals surface area (Å²) < 4.78 is 5.78. The van der Waals surface area contributed by atoms with Crippen molar-refractivity contribution >= 4 is 5.91 Å². The van der Waals surface area contributed by atoms with Crippen molar-refractivity contribution in [3.05, 3.63) is 95.6 Å². The van der Waals surface area contributed by atoms with Gasteiger partial charge in [0, 0.05) is 6.42 Å². The maximum absolute atomic E-state index is 12.5. The third kappa shape index (κ3) is 5.36. The van der Waals surface area contributed by atoms with Crippen molar-refractivity contribution in [3.63, 3.8) is 0 Å². The average molecular weight is 391 g/mol. The second-order valence-electron chi connectivity index (χ2n) is 7.14. The number of rotatable bonds is 8. The number of carbonyl (C=O) groups excluding carboxylic acids is 1. The summed E-state index contributed by atoms with van der Waals surface area (Å²) in [7, 11) is 0. The number of hydrogen-bond acceptors (Lipinski definition) is 4. The van der Waals surface area contributed by atoms with Crippen LogP contribution in [0.3, 0.4) is 0 Å². The average Bonchev–Trinajstić information content (AvgIpc) is 2.74. The molecule has 0 bridgehead atoms. The summed E-state index contributed by atoms with van der Waals surface area (Å²) in [6.07, 6.45) is 0.709. The number of aliphatic hydroxyl groups is 1. The van der Waals surface area contributed by atoms with Gasteiger partial charge in [-0.05, 0) is 41.8 Å².